The first-order valence-corrected chi connectivity index (χ1v) is 9.71. The van der Waals surface area contributed by atoms with Crippen molar-refractivity contribution in [2.75, 3.05) is 12.4 Å². The number of pyridine rings is 1. The molecule has 0 amide bonds. The molecule has 3 aromatic rings. The molecule has 1 aromatic heterocycles. The van der Waals surface area contributed by atoms with Gasteiger partial charge in [0.05, 0.1) is 11.3 Å². The van der Waals surface area contributed by atoms with Gasteiger partial charge in [0.2, 0.25) is 10.0 Å². The number of para-hydroxylation sites is 1. The van der Waals surface area contributed by atoms with E-state index in [4.69, 9.17) is 0 Å². The van der Waals surface area contributed by atoms with Gasteiger partial charge in [0.15, 0.2) is 0 Å². The number of aryl methyl sites for hydroxylation is 1. The first-order chi connectivity index (χ1) is 12.0. The molecule has 2 aromatic carbocycles. The molecule has 0 aliphatic heterocycles. The fraction of sp³-hybridized carbons (Fsp3) is 0.211. The van der Waals surface area contributed by atoms with Crippen LogP contribution in [0.2, 0.25) is 0 Å². The second kappa shape index (κ2) is 7.21. The number of sulfonamides is 1. The van der Waals surface area contributed by atoms with Crippen LogP contribution in [0.15, 0.2) is 54.6 Å². The third-order valence-electron chi connectivity index (χ3n) is 4.09. The Kier molecular flexibility index (Phi) is 5.01. The molecule has 3 rings (SSSR count). The van der Waals surface area contributed by atoms with Crippen molar-refractivity contribution in [3.8, 4) is 0 Å². The summed E-state index contributed by atoms with van der Waals surface area (Å²) in [4.78, 5) is 4.63. The lowest BCUT2D eigenvalue weighted by Gasteiger charge is -2.10. The lowest BCUT2D eigenvalue weighted by atomic mass is 10.1. The van der Waals surface area contributed by atoms with Gasteiger partial charge < -0.3 is 5.32 Å². The van der Waals surface area contributed by atoms with E-state index in [1.807, 2.05) is 48.5 Å². The fourth-order valence-electron chi connectivity index (χ4n) is 2.68. The zero-order valence-electron chi connectivity index (χ0n) is 14.3. The molecule has 6 heteroatoms. The summed E-state index contributed by atoms with van der Waals surface area (Å²) in [7, 11) is -1.82. The van der Waals surface area contributed by atoms with Crippen LogP contribution in [0, 0.1) is 6.92 Å². The number of hydrogen-bond donors (Lipinski definition) is 2. The molecule has 130 valence electrons. The topological polar surface area (TPSA) is 71.1 Å². The Morgan fingerprint density at radius 3 is 2.40 bits per heavy atom. The van der Waals surface area contributed by atoms with E-state index in [0.29, 0.717) is 6.54 Å². The third kappa shape index (κ3) is 4.35. The summed E-state index contributed by atoms with van der Waals surface area (Å²) in [6.45, 7) is 2.70. The molecule has 0 atom stereocenters. The number of hydrogen-bond acceptors (Lipinski definition) is 4. The van der Waals surface area contributed by atoms with Crippen LogP contribution in [0.4, 0.5) is 5.82 Å². The lowest BCUT2D eigenvalue weighted by molar-refractivity contribution is 0.587. The van der Waals surface area contributed by atoms with E-state index in [9.17, 15) is 8.42 Å². The number of nitrogens with one attached hydrogen (secondary N) is 2. The molecule has 25 heavy (non-hydrogen) atoms. The van der Waals surface area contributed by atoms with E-state index in [1.165, 1.54) is 12.6 Å². The minimum atomic E-state index is -3.24. The number of anilines is 1. The Labute approximate surface area is 148 Å². The van der Waals surface area contributed by atoms with Crippen molar-refractivity contribution in [3.63, 3.8) is 0 Å². The SMILES string of the molecule is CNS(=O)(=O)Cc1ccc(CNc2cc(C)c3ccccc3n2)cc1. The van der Waals surface area contributed by atoms with Gasteiger partial charge >= 0.3 is 0 Å². The van der Waals surface area contributed by atoms with Gasteiger partial charge in [0, 0.05) is 11.9 Å². The predicted molar refractivity (Wildman–Crippen MR) is 102 cm³/mol. The summed E-state index contributed by atoms with van der Waals surface area (Å²) in [6.07, 6.45) is 0. The van der Waals surface area contributed by atoms with Crippen LogP contribution in [0.3, 0.4) is 0 Å². The molecule has 0 radical (unpaired) electrons. The summed E-state index contributed by atoms with van der Waals surface area (Å²) in [5, 5.41) is 4.49. The maximum Gasteiger partial charge on any atom is 0.215 e. The first kappa shape index (κ1) is 17.4. The zero-order valence-corrected chi connectivity index (χ0v) is 15.1. The van der Waals surface area contributed by atoms with Crippen molar-refractivity contribution < 1.29 is 8.42 Å². The Morgan fingerprint density at radius 2 is 1.68 bits per heavy atom. The average Bonchev–Trinajstić information content (AvgIpc) is 2.61. The number of rotatable bonds is 6. The lowest BCUT2D eigenvalue weighted by Crippen LogP contribution is -2.20. The molecule has 0 bridgehead atoms. The van der Waals surface area contributed by atoms with Crippen LogP contribution in [-0.4, -0.2) is 20.4 Å². The van der Waals surface area contributed by atoms with E-state index in [1.54, 1.807) is 0 Å². The summed E-state index contributed by atoms with van der Waals surface area (Å²) >= 11 is 0. The van der Waals surface area contributed by atoms with Gasteiger partial charge in [-0.1, -0.05) is 42.5 Å². The smallest absolute Gasteiger partial charge is 0.215 e. The van der Waals surface area contributed by atoms with Crippen molar-refractivity contribution in [1.29, 1.82) is 0 Å². The summed E-state index contributed by atoms with van der Waals surface area (Å²) in [5.74, 6) is 0.820. The molecular formula is C19H21N3O2S. The first-order valence-electron chi connectivity index (χ1n) is 8.06. The monoisotopic (exact) mass is 355 g/mol. The quantitative estimate of drug-likeness (QED) is 0.712. The highest BCUT2D eigenvalue weighted by molar-refractivity contribution is 7.88. The molecule has 0 spiro atoms. The maximum atomic E-state index is 11.6. The minimum Gasteiger partial charge on any atom is -0.366 e. The largest absolute Gasteiger partial charge is 0.366 e. The number of fused-ring (bicyclic) bond motifs is 1. The molecule has 0 aliphatic rings. The number of nitrogens with zero attached hydrogens (tertiary/aromatic N) is 1. The van der Waals surface area contributed by atoms with Crippen molar-refractivity contribution in [2.45, 2.75) is 19.2 Å². The van der Waals surface area contributed by atoms with Crippen LogP contribution in [0.25, 0.3) is 10.9 Å². The molecule has 0 saturated carbocycles. The van der Waals surface area contributed by atoms with Crippen LogP contribution < -0.4 is 10.0 Å². The second-order valence-corrected chi connectivity index (χ2v) is 7.90. The molecule has 0 fully saturated rings. The van der Waals surface area contributed by atoms with Crippen LogP contribution >= 0.6 is 0 Å². The Morgan fingerprint density at radius 1 is 1.00 bits per heavy atom. The highest BCUT2D eigenvalue weighted by Crippen LogP contribution is 2.20. The fourth-order valence-corrected chi connectivity index (χ4v) is 3.45. The predicted octanol–water partition coefficient (Wildman–Crippen LogP) is 3.20. The normalized spacial score (nSPS) is 11.6. The van der Waals surface area contributed by atoms with Crippen LogP contribution in [0.5, 0.6) is 0 Å². The molecule has 1 heterocycles. The highest BCUT2D eigenvalue weighted by atomic mass is 32.2. The average molecular weight is 355 g/mol. The van der Waals surface area contributed by atoms with Gasteiger partial charge in [0.1, 0.15) is 5.82 Å². The summed E-state index contributed by atoms with van der Waals surface area (Å²) in [5.41, 5.74) is 3.98. The van der Waals surface area contributed by atoms with E-state index in [2.05, 4.69) is 28.0 Å². The van der Waals surface area contributed by atoms with E-state index >= 15 is 0 Å². The Bertz CT molecular complexity index is 983. The van der Waals surface area contributed by atoms with Gasteiger partial charge in [-0.25, -0.2) is 18.1 Å². The van der Waals surface area contributed by atoms with Crippen molar-refractivity contribution in [3.05, 3.63) is 71.3 Å². The summed E-state index contributed by atoms with van der Waals surface area (Å²) in [6, 6.07) is 17.6. The van der Waals surface area contributed by atoms with Gasteiger partial charge in [0.25, 0.3) is 0 Å². The third-order valence-corrected chi connectivity index (χ3v) is 5.42. The Balaban J connectivity index is 1.69. The van der Waals surface area contributed by atoms with Gasteiger partial charge in [-0.15, -0.1) is 0 Å². The van der Waals surface area contributed by atoms with Crippen molar-refractivity contribution in [1.82, 2.24) is 9.71 Å². The second-order valence-electron chi connectivity index (χ2n) is 5.97. The minimum absolute atomic E-state index is 0.0113. The number of aromatic nitrogens is 1. The summed E-state index contributed by atoms with van der Waals surface area (Å²) < 4.78 is 25.5. The van der Waals surface area contributed by atoms with Gasteiger partial charge in [-0.05, 0) is 42.8 Å². The zero-order chi connectivity index (χ0) is 17.9. The van der Waals surface area contributed by atoms with Gasteiger partial charge in [-0.2, -0.15) is 0 Å². The molecule has 2 N–H and O–H groups in total. The maximum absolute atomic E-state index is 11.6. The Hall–Kier alpha value is -2.44. The molecule has 0 aliphatic carbocycles. The van der Waals surface area contributed by atoms with Gasteiger partial charge in [-0.3, -0.25) is 0 Å². The highest BCUT2D eigenvalue weighted by Gasteiger charge is 2.08. The molecule has 0 unspecified atom stereocenters. The van der Waals surface area contributed by atoms with Crippen molar-refractivity contribution in [2.24, 2.45) is 0 Å². The van der Waals surface area contributed by atoms with E-state index < -0.39 is 10.0 Å². The molecule has 5 nitrogen and oxygen atoms in total. The van der Waals surface area contributed by atoms with Crippen LogP contribution in [0.1, 0.15) is 16.7 Å². The molecular weight excluding hydrogens is 334 g/mol. The number of benzene rings is 2. The van der Waals surface area contributed by atoms with E-state index in [0.717, 1.165) is 27.8 Å². The molecule has 0 saturated heterocycles. The van der Waals surface area contributed by atoms with Crippen LogP contribution in [-0.2, 0) is 22.3 Å². The standard InChI is InChI=1S/C19H21N3O2S/c1-14-11-19(22-18-6-4-3-5-17(14)18)21-12-15-7-9-16(10-8-15)13-25(23,24)20-2/h3-11,20H,12-13H2,1-2H3,(H,21,22). The van der Waals surface area contributed by atoms with Crippen molar-refractivity contribution >= 4 is 26.7 Å². The van der Waals surface area contributed by atoms with E-state index in [-0.39, 0.29) is 5.75 Å².